The second kappa shape index (κ2) is 5.18. The number of aliphatic carboxylic acids is 1. The zero-order valence-electron chi connectivity index (χ0n) is 8.08. The van der Waals surface area contributed by atoms with Crippen molar-refractivity contribution in [2.75, 3.05) is 0 Å². The fraction of sp³-hybridized carbons (Fsp3) is 0.333. The van der Waals surface area contributed by atoms with Crippen LogP contribution in [0.4, 0.5) is 8.78 Å². The van der Waals surface area contributed by atoms with Gasteiger partial charge in [0.05, 0.1) is 17.1 Å². The number of hydrogen-bond donors (Lipinski definition) is 2. The van der Waals surface area contributed by atoms with Gasteiger partial charge in [-0.1, -0.05) is 11.6 Å². The molecule has 3 N–H and O–H groups in total. The second-order valence-corrected chi connectivity index (χ2v) is 3.41. The zero-order chi connectivity index (χ0) is 12.3. The Morgan fingerprint density at radius 3 is 2.69 bits per heavy atom. The average molecular weight is 251 g/mol. The highest BCUT2D eigenvalue weighted by Crippen LogP contribution is 2.31. The smallest absolute Gasteiger partial charge is 0.309 e. The summed E-state index contributed by atoms with van der Waals surface area (Å²) in [7, 11) is 0. The highest BCUT2D eigenvalue weighted by atomic mass is 35.5. The third-order valence-corrected chi connectivity index (χ3v) is 2.39. The summed E-state index contributed by atoms with van der Waals surface area (Å²) in [5.74, 6) is -1.19. The molecule has 0 atom stereocenters. The van der Waals surface area contributed by atoms with Gasteiger partial charge in [-0.05, 0) is 5.56 Å². The number of aromatic nitrogens is 1. The molecule has 0 bridgehead atoms. The van der Waals surface area contributed by atoms with E-state index in [1.807, 2.05) is 0 Å². The van der Waals surface area contributed by atoms with Crippen LogP contribution in [0.2, 0.25) is 5.02 Å². The maximum atomic E-state index is 12.7. The van der Waals surface area contributed by atoms with Crippen molar-refractivity contribution in [2.45, 2.75) is 19.4 Å². The minimum atomic E-state index is -2.80. The number of carboxylic acid groups (broad SMARTS) is 1. The number of carbonyl (C=O) groups is 1. The first-order valence-electron chi connectivity index (χ1n) is 4.33. The molecule has 1 aromatic rings. The molecular weight excluding hydrogens is 242 g/mol. The number of hydrogen-bond acceptors (Lipinski definition) is 3. The lowest BCUT2D eigenvalue weighted by atomic mass is 10.1. The van der Waals surface area contributed by atoms with E-state index in [0.29, 0.717) is 0 Å². The predicted octanol–water partition coefficient (Wildman–Crippen LogP) is 1.76. The molecule has 0 saturated heterocycles. The van der Waals surface area contributed by atoms with Crippen molar-refractivity contribution in [2.24, 2.45) is 5.73 Å². The second-order valence-electron chi connectivity index (χ2n) is 3.03. The van der Waals surface area contributed by atoms with Gasteiger partial charge in [-0.25, -0.2) is 8.78 Å². The molecule has 0 aliphatic heterocycles. The normalized spacial score (nSPS) is 10.8. The van der Waals surface area contributed by atoms with E-state index in [4.69, 9.17) is 22.4 Å². The SMILES string of the molecule is NCc1cnc(CC(=O)O)c(Cl)c1C(F)F. The summed E-state index contributed by atoms with van der Waals surface area (Å²) in [5, 5.41) is 8.22. The summed E-state index contributed by atoms with van der Waals surface area (Å²) in [4.78, 5) is 14.2. The van der Waals surface area contributed by atoms with Gasteiger partial charge in [-0.15, -0.1) is 0 Å². The van der Waals surface area contributed by atoms with Gasteiger partial charge in [0.25, 0.3) is 6.43 Å². The van der Waals surface area contributed by atoms with E-state index in [0.717, 1.165) is 6.20 Å². The lowest BCUT2D eigenvalue weighted by Gasteiger charge is -2.11. The molecule has 0 amide bonds. The van der Waals surface area contributed by atoms with Crippen molar-refractivity contribution in [1.82, 2.24) is 4.98 Å². The molecule has 1 rings (SSSR count). The lowest BCUT2D eigenvalue weighted by molar-refractivity contribution is -0.136. The Balaban J connectivity index is 3.26. The van der Waals surface area contributed by atoms with Gasteiger partial charge in [0.1, 0.15) is 0 Å². The van der Waals surface area contributed by atoms with Crippen molar-refractivity contribution < 1.29 is 18.7 Å². The van der Waals surface area contributed by atoms with Crippen molar-refractivity contribution in [3.63, 3.8) is 0 Å². The molecule has 0 radical (unpaired) electrons. The van der Waals surface area contributed by atoms with E-state index in [1.165, 1.54) is 0 Å². The van der Waals surface area contributed by atoms with Crippen LogP contribution in [0.5, 0.6) is 0 Å². The molecule has 0 aromatic carbocycles. The van der Waals surface area contributed by atoms with Crippen LogP contribution in [-0.2, 0) is 17.8 Å². The Hall–Kier alpha value is -1.27. The predicted molar refractivity (Wildman–Crippen MR) is 53.4 cm³/mol. The van der Waals surface area contributed by atoms with Gasteiger partial charge in [0.2, 0.25) is 0 Å². The molecule has 0 aliphatic rings. The van der Waals surface area contributed by atoms with E-state index in [-0.39, 0.29) is 22.8 Å². The number of alkyl halides is 2. The van der Waals surface area contributed by atoms with Crippen LogP contribution < -0.4 is 5.73 Å². The largest absolute Gasteiger partial charge is 0.481 e. The van der Waals surface area contributed by atoms with Crippen LogP contribution in [0.25, 0.3) is 0 Å². The van der Waals surface area contributed by atoms with E-state index in [1.54, 1.807) is 0 Å². The Labute approximate surface area is 95.0 Å². The van der Waals surface area contributed by atoms with Crippen molar-refractivity contribution in [1.29, 1.82) is 0 Å². The first-order valence-corrected chi connectivity index (χ1v) is 4.71. The number of rotatable bonds is 4. The summed E-state index contributed by atoms with van der Waals surface area (Å²) in [6.07, 6.45) is -2.17. The van der Waals surface area contributed by atoms with Crippen molar-refractivity contribution in [3.8, 4) is 0 Å². The fourth-order valence-electron chi connectivity index (χ4n) is 1.24. The van der Waals surface area contributed by atoms with Crippen molar-refractivity contribution in [3.05, 3.63) is 28.0 Å². The van der Waals surface area contributed by atoms with Crippen LogP contribution in [0.1, 0.15) is 23.2 Å². The topological polar surface area (TPSA) is 76.2 Å². The third kappa shape index (κ3) is 2.65. The molecule has 16 heavy (non-hydrogen) atoms. The highest BCUT2D eigenvalue weighted by Gasteiger charge is 2.21. The molecule has 1 aromatic heterocycles. The van der Waals surface area contributed by atoms with Gasteiger partial charge in [-0.2, -0.15) is 0 Å². The first kappa shape index (κ1) is 12.8. The maximum absolute atomic E-state index is 12.7. The van der Waals surface area contributed by atoms with E-state index in [9.17, 15) is 13.6 Å². The summed E-state index contributed by atoms with van der Waals surface area (Å²) in [5.41, 5.74) is 4.86. The Morgan fingerprint density at radius 1 is 1.62 bits per heavy atom. The first-order chi connectivity index (χ1) is 7.47. The van der Waals surface area contributed by atoms with Gasteiger partial charge in [0, 0.05) is 18.3 Å². The summed E-state index contributed by atoms with van der Waals surface area (Å²) < 4.78 is 25.4. The minimum Gasteiger partial charge on any atom is -0.481 e. The number of nitrogens with two attached hydrogens (primary N) is 1. The van der Waals surface area contributed by atoms with Gasteiger partial charge >= 0.3 is 5.97 Å². The molecular formula is C9H9ClF2N2O2. The summed E-state index contributed by atoms with van der Waals surface area (Å²) >= 11 is 5.67. The number of pyridine rings is 1. The van der Waals surface area contributed by atoms with Crippen LogP contribution >= 0.6 is 11.6 Å². The van der Waals surface area contributed by atoms with Gasteiger partial charge < -0.3 is 10.8 Å². The van der Waals surface area contributed by atoms with E-state index >= 15 is 0 Å². The molecule has 4 nitrogen and oxygen atoms in total. The summed E-state index contributed by atoms with van der Waals surface area (Å²) in [6, 6.07) is 0. The maximum Gasteiger partial charge on any atom is 0.309 e. The fourth-order valence-corrected chi connectivity index (χ4v) is 1.56. The molecule has 0 aliphatic carbocycles. The van der Waals surface area contributed by atoms with Crippen LogP contribution in [0, 0.1) is 0 Å². The average Bonchev–Trinajstić information content (AvgIpc) is 2.19. The van der Waals surface area contributed by atoms with Gasteiger partial charge in [-0.3, -0.25) is 9.78 Å². The molecule has 0 spiro atoms. The Bertz CT molecular complexity index is 413. The molecule has 88 valence electrons. The molecule has 0 unspecified atom stereocenters. The highest BCUT2D eigenvalue weighted by molar-refractivity contribution is 6.32. The summed E-state index contributed by atoms with van der Waals surface area (Å²) in [6.45, 7) is -0.125. The molecule has 7 heteroatoms. The van der Waals surface area contributed by atoms with E-state index in [2.05, 4.69) is 4.98 Å². The lowest BCUT2D eigenvalue weighted by Crippen LogP contribution is -2.09. The number of carboxylic acids is 1. The van der Waals surface area contributed by atoms with Crippen LogP contribution in [0.15, 0.2) is 6.20 Å². The quantitative estimate of drug-likeness (QED) is 0.854. The number of halogens is 3. The van der Waals surface area contributed by atoms with Crippen LogP contribution in [0.3, 0.4) is 0 Å². The monoisotopic (exact) mass is 250 g/mol. The van der Waals surface area contributed by atoms with Gasteiger partial charge in [0.15, 0.2) is 0 Å². The third-order valence-electron chi connectivity index (χ3n) is 1.97. The Kier molecular flexibility index (Phi) is 4.14. The standard InChI is InChI=1S/C9H9ClF2N2O2/c10-8-5(1-6(15)16)14-3-4(2-13)7(8)9(11)12/h3,9H,1-2,13H2,(H,15,16). The molecule has 1 heterocycles. The van der Waals surface area contributed by atoms with E-state index < -0.39 is 24.4 Å². The van der Waals surface area contributed by atoms with Crippen molar-refractivity contribution >= 4 is 17.6 Å². The minimum absolute atomic E-state index is 0.0818. The van der Waals surface area contributed by atoms with Crippen LogP contribution in [-0.4, -0.2) is 16.1 Å². The number of nitrogens with zero attached hydrogens (tertiary/aromatic N) is 1. The molecule has 0 saturated carbocycles. The molecule has 0 fully saturated rings. The zero-order valence-corrected chi connectivity index (χ0v) is 8.84. The Morgan fingerprint density at radius 2 is 2.25 bits per heavy atom.